The van der Waals surface area contributed by atoms with Crippen molar-refractivity contribution in [2.75, 3.05) is 12.4 Å². The molecule has 2 aromatic rings. The van der Waals surface area contributed by atoms with Gasteiger partial charge in [-0.3, -0.25) is 14.3 Å². The van der Waals surface area contributed by atoms with Crippen molar-refractivity contribution in [2.24, 2.45) is 5.92 Å². The lowest BCUT2D eigenvalue weighted by molar-refractivity contribution is -0.0797. The van der Waals surface area contributed by atoms with Crippen LogP contribution in [0.3, 0.4) is 0 Å². The van der Waals surface area contributed by atoms with Crippen molar-refractivity contribution < 1.29 is 19.3 Å². The maximum atomic E-state index is 13.0. The van der Waals surface area contributed by atoms with E-state index in [-0.39, 0.29) is 23.5 Å². The number of alkyl halides is 1. The van der Waals surface area contributed by atoms with Crippen LogP contribution < -0.4 is 17.0 Å². The minimum atomic E-state index is -1.41. The lowest BCUT2D eigenvalue weighted by Crippen LogP contribution is -2.33. The Hall–Kier alpha value is -2.24. The van der Waals surface area contributed by atoms with E-state index in [4.69, 9.17) is 10.5 Å². The van der Waals surface area contributed by atoms with Gasteiger partial charge >= 0.3 is 5.69 Å². The zero-order valence-electron chi connectivity index (χ0n) is 13.8. The third kappa shape index (κ3) is 2.72. The number of aliphatic hydroxyl groups is 2. The highest BCUT2D eigenvalue weighted by atomic mass is 19.1. The maximum absolute atomic E-state index is 13.0. The van der Waals surface area contributed by atoms with Gasteiger partial charge in [0, 0.05) is 13.0 Å². The molecular formula is C15H20FN5O5. The topological polar surface area (TPSA) is 148 Å². The largest absolute Gasteiger partial charge is 0.388 e. The molecule has 1 aliphatic carbocycles. The number of aromatic amines is 1. The Balaban J connectivity index is 1.86. The predicted octanol–water partition coefficient (Wildman–Crippen LogP) is -1.14. The van der Waals surface area contributed by atoms with Crippen molar-refractivity contribution in [2.45, 2.75) is 50.3 Å². The highest BCUT2D eigenvalue weighted by Crippen LogP contribution is 2.33. The molecule has 1 aliphatic heterocycles. The molecule has 0 aromatic carbocycles. The minimum absolute atomic E-state index is 0.00339. The van der Waals surface area contributed by atoms with Crippen LogP contribution >= 0.6 is 0 Å². The molecule has 0 radical (unpaired) electrons. The number of anilines is 1. The summed E-state index contributed by atoms with van der Waals surface area (Å²) in [7, 11) is 0. The third-order valence-electron chi connectivity index (χ3n) is 4.93. The quantitative estimate of drug-likeness (QED) is 0.520. The second kappa shape index (κ2) is 6.18. The number of H-pyrrole nitrogens is 1. The number of hydrogen-bond donors (Lipinski definition) is 4. The number of nitrogens with zero attached hydrogens (tertiary/aromatic N) is 3. The van der Waals surface area contributed by atoms with E-state index in [2.05, 4.69) is 9.97 Å². The van der Waals surface area contributed by atoms with Gasteiger partial charge < -0.3 is 20.7 Å². The predicted molar refractivity (Wildman–Crippen MR) is 88.3 cm³/mol. The summed E-state index contributed by atoms with van der Waals surface area (Å²) in [5, 5.41) is 20.0. The number of fused-ring (bicyclic) bond motifs is 1. The van der Waals surface area contributed by atoms with E-state index in [1.807, 2.05) is 0 Å². The van der Waals surface area contributed by atoms with E-state index in [1.165, 1.54) is 4.57 Å². The molecule has 4 rings (SSSR count). The van der Waals surface area contributed by atoms with E-state index >= 15 is 0 Å². The number of hydrogen-bond acceptors (Lipinski definition) is 7. The monoisotopic (exact) mass is 369 g/mol. The molecule has 0 spiro atoms. The van der Waals surface area contributed by atoms with Gasteiger partial charge in [0.15, 0.2) is 17.4 Å². The smallest absolute Gasteiger partial charge is 0.332 e. The van der Waals surface area contributed by atoms with Crippen LogP contribution in [0.25, 0.3) is 11.2 Å². The molecule has 3 heterocycles. The SMILES string of the molecule is Nc1nc2c(c(=O)[nH]1)n(CC1CC1)c(=O)n2[C@@H]1O[C@H]([C@@H](O)CF)C[C@H]1O. The first-order valence-electron chi connectivity index (χ1n) is 8.48. The number of aliphatic hydroxyl groups excluding tert-OH is 2. The first kappa shape index (κ1) is 17.2. The summed E-state index contributed by atoms with van der Waals surface area (Å²) in [5.74, 6) is 0.131. The summed E-state index contributed by atoms with van der Waals surface area (Å²) in [6.45, 7) is -0.677. The molecule has 0 bridgehead atoms. The average molecular weight is 369 g/mol. The van der Waals surface area contributed by atoms with Gasteiger partial charge in [-0.15, -0.1) is 0 Å². The van der Waals surface area contributed by atoms with E-state index in [9.17, 15) is 24.2 Å². The highest BCUT2D eigenvalue weighted by molar-refractivity contribution is 5.71. The average Bonchev–Trinajstić information content (AvgIpc) is 3.27. The van der Waals surface area contributed by atoms with Crippen LogP contribution in [0.2, 0.25) is 0 Å². The molecule has 2 aliphatic rings. The summed E-state index contributed by atoms with van der Waals surface area (Å²) in [6, 6.07) is 0. The van der Waals surface area contributed by atoms with Crippen LogP contribution in [0, 0.1) is 5.92 Å². The van der Waals surface area contributed by atoms with Gasteiger partial charge in [-0.25, -0.2) is 13.8 Å². The van der Waals surface area contributed by atoms with Gasteiger partial charge in [-0.05, 0) is 18.8 Å². The standard InChI is InChI=1S/C15H20FN5O5/c16-4-8(23)9-3-7(22)13(26-9)21-11-10(12(24)19-14(17)18-11)20(15(21)25)5-6-1-2-6/h6-9,13,22-23H,1-5H2,(H3,17,18,19,24)/t7-,8+,9+,13-/m1/s1. The van der Waals surface area contributed by atoms with Crippen LogP contribution in [-0.4, -0.2) is 54.3 Å². The Labute approximate surface area is 146 Å². The molecule has 10 nitrogen and oxygen atoms in total. The summed E-state index contributed by atoms with van der Waals surface area (Å²) in [6.07, 6.45) is -2.85. The molecule has 2 aromatic heterocycles. The van der Waals surface area contributed by atoms with Gasteiger partial charge in [0.2, 0.25) is 5.95 Å². The number of nitrogens with two attached hydrogens (primary N) is 1. The molecular weight excluding hydrogens is 349 g/mol. The maximum Gasteiger partial charge on any atom is 0.332 e. The van der Waals surface area contributed by atoms with Crippen LogP contribution in [0.15, 0.2) is 9.59 Å². The van der Waals surface area contributed by atoms with Crippen LogP contribution in [0.1, 0.15) is 25.5 Å². The number of halogens is 1. The number of aromatic nitrogens is 4. The Morgan fingerprint density at radius 2 is 2.15 bits per heavy atom. The summed E-state index contributed by atoms with van der Waals surface area (Å²) in [4.78, 5) is 31.7. The number of ether oxygens (including phenoxy) is 1. The van der Waals surface area contributed by atoms with Crippen molar-refractivity contribution >= 4 is 17.1 Å². The minimum Gasteiger partial charge on any atom is -0.388 e. The zero-order chi connectivity index (χ0) is 18.6. The summed E-state index contributed by atoms with van der Waals surface area (Å²) in [5.41, 5.74) is 4.55. The molecule has 4 atom stereocenters. The lowest BCUT2D eigenvalue weighted by Gasteiger charge is -2.17. The van der Waals surface area contributed by atoms with Gasteiger partial charge in [0.05, 0.1) is 6.10 Å². The first-order valence-corrected chi connectivity index (χ1v) is 8.48. The molecule has 1 saturated carbocycles. The van der Waals surface area contributed by atoms with E-state index in [0.717, 1.165) is 17.4 Å². The number of nitrogen functional groups attached to an aromatic ring is 1. The van der Waals surface area contributed by atoms with E-state index in [1.54, 1.807) is 0 Å². The molecule has 1 saturated heterocycles. The molecule has 0 amide bonds. The summed E-state index contributed by atoms with van der Waals surface area (Å²) >= 11 is 0. The van der Waals surface area contributed by atoms with Crippen LogP contribution in [0.4, 0.5) is 10.3 Å². The number of rotatable bonds is 5. The second-order valence-corrected chi connectivity index (χ2v) is 6.92. The molecule has 11 heteroatoms. The second-order valence-electron chi connectivity index (χ2n) is 6.92. The normalized spacial score (nSPS) is 27.3. The molecule has 0 unspecified atom stereocenters. The van der Waals surface area contributed by atoms with Crippen molar-refractivity contribution in [3.63, 3.8) is 0 Å². The van der Waals surface area contributed by atoms with E-state index < -0.39 is 42.5 Å². The molecule has 5 N–H and O–H groups in total. The highest BCUT2D eigenvalue weighted by Gasteiger charge is 2.41. The Morgan fingerprint density at radius 3 is 2.81 bits per heavy atom. The Kier molecular flexibility index (Phi) is 4.09. The molecule has 2 fully saturated rings. The molecule has 26 heavy (non-hydrogen) atoms. The Morgan fingerprint density at radius 1 is 1.42 bits per heavy atom. The number of imidazole rings is 1. The van der Waals surface area contributed by atoms with Gasteiger partial charge in [0.25, 0.3) is 5.56 Å². The lowest BCUT2D eigenvalue weighted by atomic mass is 10.1. The van der Waals surface area contributed by atoms with E-state index in [0.29, 0.717) is 12.5 Å². The van der Waals surface area contributed by atoms with Gasteiger partial charge in [-0.2, -0.15) is 4.98 Å². The van der Waals surface area contributed by atoms with Crippen molar-refractivity contribution in [3.8, 4) is 0 Å². The van der Waals surface area contributed by atoms with Gasteiger partial charge in [0.1, 0.15) is 18.9 Å². The van der Waals surface area contributed by atoms with Crippen molar-refractivity contribution in [1.82, 2.24) is 19.1 Å². The fourth-order valence-corrected chi connectivity index (χ4v) is 3.42. The Bertz CT molecular complexity index is 948. The fraction of sp³-hybridized carbons (Fsp3) is 0.667. The molecule has 142 valence electrons. The van der Waals surface area contributed by atoms with Crippen LogP contribution in [0.5, 0.6) is 0 Å². The first-order chi connectivity index (χ1) is 12.4. The van der Waals surface area contributed by atoms with Crippen LogP contribution in [-0.2, 0) is 11.3 Å². The summed E-state index contributed by atoms with van der Waals surface area (Å²) < 4.78 is 20.6. The van der Waals surface area contributed by atoms with Gasteiger partial charge in [-0.1, -0.05) is 0 Å². The fourth-order valence-electron chi connectivity index (χ4n) is 3.42. The zero-order valence-corrected chi connectivity index (χ0v) is 13.8. The third-order valence-corrected chi connectivity index (χ3v) is 4.93. The number of nitrogens with one attached hydrogen (secondary N) is 1. The van der Waals surface area contributed by atoms with Crippen molar-refractivity contribution in [1.29, 1.82) is 0 Å². The van der Waals surface area contributed by atoms with Crippen molar-refractivity contribution in [3.05, 3.63) is 20.8 Å².